The third kappa shape index (κ3) is 6.08. The molecule has 0 aromatic heterocycles. The standard InChI is InChI=1S/C60H59.2ClH.Zr/c1-42-53(49-25-15-16-26-49)51(40-44-29-33-48(34-30-44)46-23-13-10-14-24-46)50(39-43-27-31-47(32-28-43)45-21-11-9-12-22-45)52-41-58(6)56(4)37-18-17-35-54(56,2)55(3)36-19-20-38-57(55,5)60(58,8)59(42,52)7;;;/h9-25,27-41,52H,26H2,1-8H3;2*1H;/q-1;;;+3/p-2. The fourth-order valence-electron chi connectivity index (χ4n) is 14.1. The van der Waals surface area contributed by atoms with Gasteiger partial charge in [0.2, 0.25) is 0 Å². The molecule has 4 aromatic rings. The van der Waals surface area contributed by atoms with E-state index in [0.29, 0.717) is 0 Å². The summed E-state index contributed by atoms with van der Waals surface area (Å²) in [5.74, 6) is 0.147. The van der Waals surface area contributed by atoms with Crippen molar-refractivity contribution in [3.63, 3.8) is 0 Å². The van der Waals surface area contributed by atoms with Crippen LogP contribution in [-0.2, 0) is 26.2 Å². The van der Waals surface area contributed by atoms with E-state index in [0.717, 1.165) is 6.42 Å². The molecule has 10 rings (SSSR count). The van der Waals surface area contributed by atoms with Crippen molar-refractivity contribution < 1.29 is 51.0 Å². The molecule has 8 atom stereocenters. The second kappa shape index (κ2) is 16.5. The Morgan fingerprint density at radius 2 is 0.968 bits per heavy atom. The van der Waals surface area contributed by atoms with Crippen molar-refractivity contribution in [2.24, 2.45) is 43.8 Å². The van der Waals surface area contributed by atoms with Crippen LogP contribution in [0.2, 0.25) is 0 Å². The molecule has 6 aliphatic carbocycles. The molecule has 0 nitrogen and oxygen atoms in total. The summed E-state index contributed by atoms with van der Waals surface area (Å²) in [4.78, 5) is 0. The van der Waals surface area contributed by atoms with Gasteiger partial charge in [-0.25, -0.2) is 0 Å². The van der Waals surface area contributed by atoms with Crippen LogP contribution in [0.5, 0.6) is 0 Å². The molecule has 3 heteroatoms. The van der Waals surface area contributed by atoms with Gasteiger partial charge in [0.25, 0.3) is 0 Å². The van der Waals surface area contributed by atoms with E-state index in [1.165, 1.54) is 61.2 Å². The van der Waals surface area contributed by atoms with Gasteiger partial charge in [-0.1, -0.05) is 242 Å². The summed E-state index contributed by atoms with van der Waals surface area (Å²) < 4.78 is 0. The smallest absolute Gasteiger partial charge is 1.00 e. The molecular weight excluding hydrogens is 883 g/mol. The van der Waals surface area contributed by atoms with Gasteiger partial charge < -0.3 is 31.2 Å². The Hall–Kier alpha value is -4.00. The summed E-state index contributed by atoms with van der Waals surface area (Å²) in [5, 5.41) is 0. The first kappa shape index (κ1) is 47.0. The molecule has 0 heterocycles. The molecule has 1 radical (unpaired) electrons. The van der Waals surface area contributed by atoms with E-state index in [4.69, 9.17) is 0 Å². The number of benzene rings is 4. The van der Waals surface area contributed by atoms with Gasteiger partial charge in [-0.2, -0.15) is 0 Å². The van der Waals surface area contributed by atoms with Crippen molar-refractivity contribution >= 4 is 12.2 Å². The SMILES string of the molecule is CC1=C(C2=CC=CC2)C(=Cc2ccc(-c3ccccc3)cc2)C(=Cc2ccc(-c3ccccc3)cc2)C2[CH-]C3(C)C4(C)C=CC=CC4(C)C4(C)C=CC=CC4(C)C3(C)C12C.[Cl-].[Cl-].[Zr+3]. The first-order valence-electron chi connectivity index (χ1n) is 22.2. The topological polar surface area (TPSA) is 0 Å². The van der Waals surface area contributed by atoms with Crippen LogP contribution in [0.15, 0.2) is 204 Å². The average molecular weight is 942 g/mol. The number of hydrogen-bond donors (Lipinski definition) is 0. The second-order valence-corrected chi connectivity index (χ2v) is 19.9. The summed E-state index contributed by atoms with van der Waals surface area (Å²) in [5.41, 5.74) is 13.2. The third-order valence-corrected chi connectivity index (χ3v) is 18.3. The monoisotopic (exact) mass is 939 g/mol. The second-order valence-electron chi connectivity index (χ2n) is 19.9. The summed E-state index contributed by atoms with van der Waals surface area (Å²) in [6.45, 7) is 20.9. The number of fused-ring (bicyclic) bond motifs is 8. The van der Waals surface area contributed by atoms with E-state index < -0.39 is 0 Å². The van der Waals surface area contributed by atoms with E-state index in [2.05, 4.69) is 250 Å². The minimum Gasteiger partial charge on any atom is -1.00 e. The van der Waals surface area contributed by atoms with Crippen LogP contribution in [0, 0.1) is 50.2 Å². The fraction of sp³-hybridized carbons (Fsp3) is 0.283. The maximum absolute atomic E-state index is 2.88. The first-order chi connectivity index (χ1) is 28.8. The van der Waals surface area contributed by atoms with E-state index >= 15 is 0 Å². The Morgan fingerprint density at radius 1 is 0.524 bits per heavy atom. The maximum atomic E-state index is 2.88. The van der Waals surface area contributed by atoms with Crippen molar-refractivity contribution in [3.8, 4) is 22.3 Å². The molecular formula is C60H59Cl2Zr. The minimum atomic E-state index is -0.240. The molecule has 6 aliphatic rings. The molecule has 0 bridgehead atoms. The number of allylic oxidation sites excluding steroid dienone is 16. The predicted octanol–water partition coefficient (Wildman–Crippen LogP) is 9.85. The molecule has 0 spiro atoms. The van der Waals surface area contributed by atoms with Crippen LogP contribution in [0.1, 0.15) is 72.9 Å². The van der Waals surface area contributed by atoms with E-state index in [1.807, 2.05) is 0 Å². The Labute approximate surface area is 409 Å². The maximum Gasteiger partial charge on any atom is 3.00 e. The van der Waals surface area contributed by atoms with Crippen molar-refractivity contribution in [3.05, 3.63) is 221 Å². The quantitative estimate of drug-likeness (QED) is 0.175. The van der Waals surface area contributed by atoms with Gasteiger partial charge in [-0.05, 0) is 91.2 Å². The van der Waals surface area contributed by atoms with Gasteiger partial charge in [0.15, 0.2) is 0 Å². The zero-order valence-electron chi connectivity index (χ0n) is 38.0. The molecule has 4 aromatic carbocycles. The summed E-state index contributed by atoms with van der Waals surface area (Å²) in [7, 11) is 0. The van der Waals surface area contributed by atoms with Gasteiger partial charge in [0.1, 0.15) is 0 Å². The number of hydrogen-bond acceptors (Lipinski definition) is 0. The number of rotatable bonds is 5. The Morgan fingerprint density at radius 3 is 1.46 bits per heavy atom. The summed E-state index contributed by atoms with van der Waals surface area (Å²) >= 11 is 0. The Bertz CT molecular complexity index is 2690. The van der Waals surface area contributed by atoms with Crippen molar-refractivity contribution in [2.75, 3.05) is 0 Å². The molecule has 63 heavy (non-hydrogen) atoms. The molecule has 2 fully saturated rings. The minimum absolute atomic E-state index is 0. The Balaban J connectivity index is 0.00000198. The van der Waals surface area contributed by atoms with Crippen LogP contribution >= 0.6 is 0 Å². The molecule has 0 saturated heterocycles. The predicted molar refractivity (Wildman–Crippen MR) is 255 cm³/mol. The summed E-state index contributed by atoms with van der Waals surface area (Å²) in [6, 6.07) is 40.0. The summed E-state index contributed by atoms with van der Waals surface area (Å²) in [6.07, 6.45) is 35.6. The zero-order chi connectivity index (χ0) is 41.8. The van der Waals surface area contributed by atoms with Crippen molar-refractivity contribution in [2.45, 2.75) is 61.8 Å². The van der Waals surface area contributed by atoms with Gasteiger partial charge in [-0.3, -0.25) is 0 Å². The average Bonchev–Trinajstić information content (AvgIpc) is 3.87. The Kier molecular flexibility index (Phi) is 12.3. The van der Waals surface area contributed by atoms with Crippen molar-refractivity contribution in [1.29, 1.82) is 0 Å². The third-order valence-electron chi connectivity index (χ3n) is 18.3. The van der Waals surface area contributed by atoms with Gasteiger partial charge >= 0.3 is 26.2 Å². The van der Waals surface area contributed by atoms with Gasteiger partial charge in [0, 0.05) is 10.8 Å². The van der Waals surface area contributed by atoms with Crippen LogP contribution in [0.25, 0.3) is 34.4 Å². The van der Waals surface area contributed by atoms with E-state index in [1.54, 1.807) is 0 Å². The van der Waals surface area contributed by atoms with Crippen LogP contribution in [0.3, 0.4) is 0 Å². The molecule has 0 aliphatic heterocycles. The van der Waals surface area contributed by atoms with Gasteiger partial charge in [-0.15, -0.1) is 11.3 Å². The van der Waals surface area contributed by atoms with Crippen LogP contribution < -0.4 is 24.8 Å². The number of halogens is 2. The molecule has 8 unspecified atom stereocenters. The van der Waals surface area contributed by atoms with Crippen molar-refractivity contribution in [1.82, 2.24) is 0 Å². The zero-order valence-corrected chi connectivity index (χ0v) is 42.0. The molecule has 2 saturated carbocycles. The molecule has 0 N–H and O–H groups in total. The van der Waals surface area contributed by atoms with Crippen LogP contribution in [0.4, 0.5) is 0 Å². The molecule has 317 valence electrons. The first-order valence-corrected chi connectivity index (χ1v) is 22.2. The fourth-order valence-corrected chi connectivity index (χ4v) is 14.1. The van der Waals surface area contributed by atoms with E-state index in [-0.39, 0.29) is 94.8 Å². The largest absolute Gasteiger partial charge is 3.00 e. The van der Waals surface area contributed by atoms with Crippen LogP contribution in [-0.4, -0.2) is 0 Å². The van der Waals surface area contributed by atoms with E-state index in [9.17, 15) is 0 Å². The normalized spacial score (nSPS) is 35.5. The molecule has 0 amide bonds. The van der Waals surface area contributed by atoms with Gasteiger partial charge in [0.05, 0.1) is 0 Å².